The van der Waals surface area contributed by atoms with Crippen molar-refractivity contribution in [2.75, 3.05) is 0 Å². The number of carbonyl (C=O) groups excluding carboxylic acids is 1. The summed E-state index contributed by atoms with van der Waals surface area (Å²) in [6.45, 7) is 0.272. The number of aromatic nitrogens is 2. The number of amides is 1. The van der Waals surface area contributed by atoms with Gasteiger partial charge in [0.05, 0.1) is 32.7 Å². The fourth-order valence-corrected chi connectivity index (χ4v) is 3.00. The molecule has 0 bridgehead atoms. The van der Waals surface area contributed by atoms with Gasteiger partial charge in [0.25, 0.3) is 11.6 Å². The van der Waals surface area contributed by atoms with Gasteiger partial charge in [0.1, 0.15) is 0 Å². The van der Waals surface area contributed by atoms with Crippen LogP contribution >= 0.6 is 22.9 Å². The predicted octanol–water partition coefficient (Wildman–Crippen LogP) is 3.43. The lowest BCUT2D eigenvalue weighted by molar-refractivity contribution is -0.384. The minimum atomic E-state index is -0.449. The van der Waals surface area contributed by atoms with Crippen LogP contribution in [0, 0.1) is 10.1 Å². The number of nitrogens with one attached hydrogen (secondary N) is 1. The van der Waals surface area contributed by atoms with Crippen LogP contribution < -0.4 is 5.32 Å². The van der Waals surface area contributed by atoms with Crippen molar-refractivity contribution in [3.05, 3.63) is 73.9 Å². The SMILES string of the molecule is O=C(NCc1cn(-c2ccc([N+](=O)[O-])cc2)cn1)c1ccc(Cl)s1. The number of nitro groups is 1. The molecule has 0 aliphatic heterocycles. The zero-order valence-electron chi connectivity index (χ0n) is 12.2. The maximum atomic E-state index is 12.0. The Morgan fingerprint density at radius 1 is 1.29 bits per heavy atom. The number of benzene rings is 1. The van der Waals surface area contributed by atoms with Crippen LogP contribution in [0.2, 0.25) is 4.34 Å². The van der Waals surface area contributed by atoms with Crippen molar-refractivity contribution in [3.63, 3.8) is 0 Å². The number of thiophene rings is 1. The largest absolute Gasteiger partial charge is 0.346 e. The van der Waals surface area contributed by atoms with Crippen LogP contribution in [0.5, 0.6) is 0 Å². The lowest BCUT2D eigenvalue weighted by Crippen LogP contribution is -2.21. The molecule has 0 radical (unpaired) electrons. The molecular formula is C15H11ClN4O3S. The van der Waals surface area contributed by atoms with Crippen molar-refractivity contribution in [1.29, 1.82) is 0 Å². The Morgan fingerprint density at radius 2 is 2.04 bits per heavy atom. The van der Waals surface area contributed by atoms with Gasteiger partial charge in [0.15, 0.2) is 0 Å². The first-order chi connectivity index (χ1) is 11.5. The molecule has 0 spiro atoms. The van der Waals surface area contributed by atoms with E-state index in [-0.39, 0.29) is 18.1 Å². The first-order valence-electron chi connectivity index (χ1n) is 6.84. The number of rotatable bonds is 5. The molecule has 1 aromatic carbocycles. The highest BCUT2D eigenvalue weighted by Gasteiger charge is 2.10. The number of hydrogen-bond donors (Lipinski definition) is 1. The van der Waals surface area contributed by atoms with Crippen LogP contribution in [0.4, 0.5) is 5.69 Å². The minimum Gasteiger partial charge on any atom is -0.346 e. The fourth-order valence-electron chi connectivity index (χ4n) is 2.04. The van der Waals surface area contributed by atoms with E-state index in [1.807, 2.05) is 0 Å². The molecule has 1 N–H and O–H groups in total. The topological polar surface area (TPSA) is 90.1 Å². The van der Waals surface area contributed by atoms with Crippen molar-refractivity contribution in [3.8, 4) is 5.69 Å². The Morgan fingerprint density at radius 3 is 2.67 bits per heavy atom. The Hall–Kier alpha value is -2.71. The number of halogens is 1. The molecule has 7 nitrogen and oxygen atoms in total. The number of non-ortho nitro benzene ring substituents is 1. The molecule has 122 valence electrons. The third kappa shape index (κ3) is 3.61. The van der Waals surface area contributed by atoms with Gasteiger partial charge in [-0.3, -0.25) is 14.9 Å². The van der Waals surface area contributed by atoms with Gasteiger partial charge in [-0.15, -0.1) is 11.3 Å². The van der Waals surface area contributed by atoms with Crippen LogP contribution in [0.3, 0.4) is 0 Å². The molecule has 0 atom stereocenters. The van der Waals surface area contributed by atoms with E-state index in [2.05, 4.69) is 10.3 Å². The van der Waals surface area contributed by atoms with Crippen molar-refractivity contribution in [2.45, 2.75) is 6.54 Å². The second-order valence-corrected chi connectivity index (χ2v) is 6.55. The van der Waals surface area contributed by atoms with E-state index in [0.29, 0.717) is 14.9 Å². The summed E-state index contributed by atoms with van der Waals surface area (Å²) in [4.78, 5) is 26.9. The average Bonchev–Trinajstić information content (AvgIpc) is 3.22. The fraction of sp³-hybridized carbons (Fsp3) is 0.0667. The van der Waals surface area contributed by atoms with Crippen molar-refractivity contribution in [2.24, 2.45) is 0 Å². The van der Waals surface area contributed by atoms with Gasteiger partial charge < -0.3 is 9.88 Å². The van der Waals surface area contributed by atoms with Crippen LogP contribution in [-0.2, 0) is 6.54 Å². The average molecular weight is 363 g/mol. The summed E-state index contributed by atoms with van der Waals surface area (Å²) in [7, 11) is 0. The maximum Gasteiger partial charge on any atom is 0.269 e. The summed E-state index contributed by atoms with van der Waals surface area (Å²) in [5, 5.41) is 13.4. The first-order valence-corrected chi connectivity index (χ1v) is 8.03. The second kappa shape index (κ2) is 6.81. The number of nitrogens with zero attached hydrogens (tertiary/aromatic N) is 3. The zero-order valence-corrected chi connectivity index (χ0v) is 13.8. The second-order valence-electron chi connectivity index (χ2n) is 4.83. The molecule has 1 amide bonds. The third-order valence-electron chi connectivity index (χ3n) is 3.22. The van der Waals surface area contributed by atoms with Crippen LogP contribution in [0.15, 0.2) is 48.9 Å². The normalized spacial score (nSPS) is 10.5. The standard InChI is InChI=1S/C15H11ClN4O3S/c16-14-6-5-13(24-14)15(21)17-7-10-8-19(9-18-10)11-1-3-12(4-2-11)20(22)23/h1-6,8-9H,7H2,(H,17,21). The number of carbonyl (C=O) groups is 1. The quantitative estimate of drug-likeness (QED) is 0.556. The molecule has 0 saturated carbocycles. The molecule has 0 fully saturated rings. The molecule has 2 aromatic heterocycles. The van der Waals surface area contributed by atoms with E-state index in [1.54, 1.807) is 41.4 Å². The predicted molar refractivity (Wildman–Crippen MR) is 90.7 cm³/mol. The van der Waals surface area contributed by atoms with Crippen molar-refractivity contribution < 1.29 is 9.72 Å². The van der Waals surface area contributed by atoms with E-state index >= 15 is 0 Å². The van der Waals surface area contributed by atoms with Crippen LogP contribution in [0.25, 0.3) is 5.69 Å². The zero-order chi connectivity index (χ0) is 17.1. The lowest BCUT2D eigenvalue weighted by atomic mass is 10.3. The summed E-state index contributed by atoms with van der Waals surface area (Å²) in [6.07, 6.45) is 3.34. The summed E-state index contributed by atoms with van der Waals surface area (Å²) in [5.74, 6) is -0.211. The Kier molecular flexibility index (Phi) is 4.59. The highest BCUT2D eigenvalue weighted by atomic mass is 35.5. The third-order valence-corrected chi connectivity index (χ3v) is 4.45. The summed E-state index contributed by atoms with van der Waals surface area (Å²) in [6, 6.07) is 9.46. The Labute approximate surface area is 145 Å². The summed E-state index contributed by atoms with van der Waals surface area (Å²) in [5.41, 5.74) is 1.45. The highest BCUT2D eigenvalue weighted by molar-refractivity contribution is 7.17. The van der Waals surface area contributed by atoms with Crippen molar-refractivity contribution in [1.82, 2.24) is 14.9 Å². The Bertz CT molecular complexity index is 888. The molecule has 0 aliphatic rings. The van der Waals surface area contributed by atoms with Gasteiger partial charge in [-0.05, 0) is 24.3 Å². The maximum absolute atomic E-state index is 12.0. The monoisotopic (exact) mass is 362 g/mol. The Balaban J connectivity index is 1.65. The molecule has 3 aromatic rings. The van der Waals surface area contributed by atoms with Gasteiger partial charge in [0, 0.05) is 24.0 Å². The molecule has 24 heavy (non-hydrogen) atoms. The molecule has 9 heteroatoms. The van der Waals surface area contributed by atoms with Gasteiger partial charge >= 0.3 is 0 Å². The minimum absolute atomic E-state index is 0.0287. The van der Waals surface area contributed by atoms with E-state index in [0.717, 1.165) is 5.69 Å². The molecule has 0 unspecified atom stereocenters. The number of imidazole rings is 1. The number of nitro benzene ring substituents is 1. The molecule has 0 saturated heterocycles. The van der Waals surface area contributed by atoms with E-state index in [9.17, 15) is 14.9 Å². The molecule has 2 heterocycles. The summed E-state index contributed by atoms with van der Waals surface area (Å²) >= 11 is 7.01. The smallest absolute Gasteiger partial charge is 0.269 e. The van der Waals surface area contributed by atoms with Gasteiger partial charge in [-0.1, -0.05) is 11.6 Å². The highest BCUT2D eigenvalue weighted by Crippen LogP contribution is 2.21. The first kappa shape index (κ1) is 16.2. The molecular weight excluding hydrogens is 352 g/mol. The number of hydrogen-bond acceptors (Lipinski definition) is 5. The van der Waals surface area contributed by atoms with Gasteiger partial charge in [0.2, 0.25) is 0 Å². The van der Waals surface area contributed by atoms with Crippen LogP contribution in [-0.4, -0.2) is 20.4 Å². The molecule has 0 aliphatic carbocycles. The van der Waals surface area contributed by atoms with Crippen molar-refractivity contribution >= 4 is 34.5 Å². The van der Waals surface area contributed by atoms with E-state index in [4.69, 9.17) is 11.6 Å². The van der Waals surface area contributed by atoms with Gasteiger partial charge in [-0.2, -0.15) is 0 Å². The van der Waals surface area contributed by atoms with E-state index in [1.165, 1.54) is 23.5 Å². The molecule has 3 rings (SSSR count). The summed E-state index contributed by atoms with van der Waals surface area (Å²) < 4.78 is 2.29. The lowest BCUT2D eigenvalue weighted by Gasteiger charge is -2.02. The van der Waals surface area contributed by atoms with Crippen LogP contribution in [0.1, 0.15) is 15.4 Å². The van der Waals surface area contributed by atoms with Gasteiger partial charge in [-0.25, -0.2) is 4.98 Å². The van der Waals surface area contributed by atoms with E-state index < -0.39 is 4.92 Å².